The molecule has 0 heterocycles. The summed E-state index contributed by atoms with van der Waals surface area (Å²) >= 11 is 0. The van der Waals surface area contributed by atoms with Crippen molar-refractivity contribution in [2.75, 3.05) is 5.32 Å². The van der Waals surface area contributed by atoms with Gasteiger partial charge in [-0.05, 0) is 65.9 Å². The van der Waals surface area contributed by atoms with E-state index in [0.29, 0.717) is 5.56 Å². The Balaban J connectivity index is 1.59. The molecule has 8 heteroatoms. The highest BCUT2D eigenvalue weighted by molar-refractivity contribution is 8.45. The van der Waals surface area contributed by atoms with Gasteiger partial charge in [-0.25, -0.2) is 0 Å². The van der Waals surface area contributed by atoms with E-state index in [-0.39, 0.29) is 17.8 Å². The predicted molar refractivity (Wildman–Crippen MR) is 130 cm³/mol. The van der Waals surface area contributed by atoms with Gasteiger partial charge in [0, 0.05) is 11.3 Å². The van der Waals surface area contributed by atoms with Gasteiger partial charge in [-0.1, -0.05) is 88.4 Å². The number of carbonyl (C=O) groups is 1. The van der Waals surface area contributed by atoms with Crippen molar-refractivity contribution in [1.82, 2.24) is 0 Å². The molecule has 2 nitrogen and oxygen atoms in total. The van der Waals surface area contributed by atoms with E-state index in [1.165, 1.54) is 37.7 Å². The maximum Gasteiger partial charge on any atom is 0.310 e. The Labute approximate surface area is 196 Å². The second kappa shape index (κ2) is 9.41. The molecule has 0 spiro atoms. The summed E-state index contributed by atoms with van der Waals surface area (Å²) in [4.78, 5) is 10.4. The number of halogens is 5. The van der Waals surface area contributed by atoms with Crippen LogP contribution in [0.25, 0.3) is 11.1 Å². The van der Waals surface area contributed by atoms with Crippen LogP contribution >= 0.6 is 10.2 Å². The predicted octanol–water partition coefficient (Wildman–Crippen LogP) is 9.78. The van der Waals surface area contributed by atoms with Crippen molar-refractivity contribution in [2.45, 2.75) is 50.3 Å². The van der Waals surface area contributed by atoms with Crippen LogP contribution in [0, 0.1) is 0 Å². The topological polar surface area (TPSA) is 29.1 Å². The molecule has 0 radical (unpaired) electrons. The first-order valence-corrected chi connectivity index (χ1v) is 13.2. The van der Waals surface area contributed by atoms with Gasteiger partial charge in [0.15, 0.2) is 0 Å². The Morgan fingerprint density at radius 2 is 1.24 bits per heavy atom. The number of rotatable bonds is 10. The molecule has 0 aromatic heterocycles. The number of benzene rings is 3. The summed E-state index contributed by atoms with van der Waals surface area (Å²) in [5.74, 6) is -0.551. The number of nitrogens with one attached hydrogen (secondary N) is 1. The van der Waals surface area contributed by atoms with Crippen molar-refractivity contribution >= 4 is 21.8 Å². The molecule has 0 unspecified atom stereocenters. The minimum Gasteiger partial charge on any atom is -0.322 e. The fourth-order valence-electron chi connectivity index (χ4n) is 3.61. The molecule has 0 bridgehead atoms. The zero-order chi connectivity index (χ0) is 24.9. The molecular weight excluding hydrogens is 469 g/mol. The Kier molecular flexibility index (Phi) is 7.12. The highest BCUT2D eigenvalue weighted by Crippen LogP contribution is 3.02. The second-order valence-corrected chi connectivity index (χ2v) is 10.8. The first kappa shape index (κ1) is 25.7. The number of amides is 1. The molecule has 0 saturated carbocycles. The highest BCUT2D eigenvalue weighted by atomic mass is 32.5. The van der Waals surface area contributed by atoms with Crippen LogP contribution in [0.2, 0.25) is 0 Å². The molecule has 184 valence electrons. The molecule has 3 rings (SSSR count). The number of aryl methyl sites for hydroxylation is 1. The van der Waals surface area contributed by atoms with Crippen LogP contribution in [-0.4, -0.2) is 5.91 Å². The number of hydrogen-bond acceptors (Lipinski definition) is 1. The Morgan fingerprint density at radius 1 is 0.706 bits per heavy atom. The number of carbonyl (C=O) groups excluding carboxylic acids is 1. The Bertz CT molecular complexity index is 1110. The molecule has 0 aliphatic carbocycles. The number of unbranched alkanes of at least 4 members (excludes halogenated alkanes) is 4. The van der Waals surface area contributed by atoms with Crippen molar-refractivity contribution in [3.63, 3.8) is 0 Å². The normalized spacial score (nSPS) is 13.7. The van der Waals surface area contributed by atoms with Crippen LogP contribution < -0.4 is 5.32 Å². The lowest BCUT2D eigenvalue weighted by molar-refractivity contribution is 0.102. The summed E-state index contributed by atoms with van der Waals surface area (Å²) in [7, 11) is -9.74. The van der Waals surface area contributed by atoms with Crippen LogP contribution in [0.3, 0.4) is 0 Å². The lowest BCUT2D eigenvalue weighted by Gasteiger charge is -2.40. The van der Waals surface area contributed by atoms with Gasteiger partial charge >= 0.3 is 10.2 Å². The van der Waals surface area contributed by atoms with Gasteiger partial charge < -0.3 is 5.32 Å². The monoisotopic (exact) mass is 497 g/mol. The third kappa shape index (κ3) is 7.32. The lowest BCUT2D eigenvalue weighted by atomic mass is 10.00. The van der Waals surface area contributed by atoms with Crippen LogP contribution in [0.4, 0.5) is 25.1 Å². The van der Waals surface area contributed by atoms with E-state index < -0.39 is 21.0 Å². The van der Waals surface area contributed by atoms with Gasteiger partial charge in [0.05, 0.1) is 0 Å². The third-order valence-electron chi connectivity index (χ3n) is 5.56. The van der Waals surface area contributed by atoms with E-state index >= 15 is 0 Å². The summed E-state index contributed by atoms with van der Waals surface area (Å²) < 4.78 is 64.1. The molecule has 0 aliphatic rings. The van der Waals surface area contributed by atoms with Gasteiger partial charge in [-0.2, -0.15) is 0 Å². The molecule has 0 atom stereocenters. The first-order valence-electron chi connectivity index (χ1n) is 11.2. The highest BCUT2D eigenvalue weighted by Gasteiger charge is 2.65. The van der Waals surface area contributed by atoms with E-state index in [9.17, 15) is 24.2 Å². The lowest BCUT2D eigenvalue weighted by Crippen LogP contribution is -2.12. The van der Waals surface area contributed by atoms with Gasteiger partial charge in [-0.15, -0.1) is 0 Å². The zero-order valence-electron chi connectivity index (χ0n) is 18.9. The minimum absolute atomic E-state index is 0.00930. The van der Waals surface area contributed by atoms with Crippen molar-refractivity contribution in [1.29, 1.82) is 0 Å². The average Bonchev–Trinajstić information content (AvgIpc) is 2.78. The Hall–Kier alpha value is -2.87. The van der Waals surface area contributed by atoms with Crippen molar-refractivity contribution in [3.05, 3.63) is 83.9 Å². The molecule has 3 aromatic rings. The quantitative estimate of drug-likeness (QED) is 0.219. The smallest absolute Gasteiger partial charge is 0.310 e. The van der Waals surface area contributed by atoms with Crippen LogP contribution in [0.1, 0.15) is 54.9 Å². The maximum absolute atomic E-state index is 12.8. The van der Waals surface area contributed by atoms with E-state index in [2.05, 4.69) is 24.4 Å². The largest absolute Gasteiger partial charge is 0.322 e. The Morgan fingerprint density at radius 3 is 1.76 bits per heavy atom. The van der Waals surface area contributed by atoms with E-state index in [4.69, 9.17) is 0 Å². The number of hydrogen-bond donors (Lipinski definition) is 1. The molecule has 0 fully saturated rings. The van der Waals surface area contributed by atoms with Crippen molar-refractivity contribution < 1.29 is 24.2 Å². The standard InChI is InChI=1S/C26H28F5NOS/c1-2-3-4-5-6-7-20-8-10-21(11-9-20)22-12-14-23(15-13-22)26(33)32-24-16-18-25(19-17-24)34(27,28,29,30)31/h8-19H,2-7H2,1H3,(H,32,33). The van der Waals surface area contributed by atoms with Gasteiger partial charge in [0.2, 0.25) is 0 Å². The molecule has 1 N–H and O–H groups in total. The van der Waals surface area contributed by atoms with E-state index in [1.807, 2.05) is 12.1 Å². The van der Waals surface area contributed by atoms with Crippen LogP contribution in [-0.2, 0) is 6.42 Å². The second-order valence-electron chi connectivity index (χ2n) is 8.39. The molecular formula is C26H28F5NOS. The molecule has 3 aromatic carbocycles. The van der Waals surface area contributed by atoms with Crippen LogP contribution in [0.5, 0.6) is 0 Å². The van der Waals surface area contributed by atoms with Crippen LogP contribution in [0.15, 0.2) is 77.7 Å². The zero-order valence-corrected chi connectivity index (χ0v) is 19.7. The average molecular weight is 498 g/mol. The van der Waals surface area contributed by atoms with Crippen molar-refractivity contribution in [2.24, 2.45) is 0 Å². The fourth-order valence-corrected chi connectivity index (χ4v) is 4.26. The van der Waals surface area contributed by atoms with Gasteiger partial charge in [0.25, 0.3) is 5.91 Å². The fraction of sp³-hybridized carbons (Fsp3) is 0.269. The van der Waals surface area contributed by atoms with E-state index in [1.54, 1.807) is 24.3 Å². The summed E-state index contributed by atoms with van der Waals surface area (Å²) in [6.07, 6.45) is 7.23. The molecule has 0 saturated heterocycles. The van der Waals surface area contributed by atoms with Gasteiger partial charge in [-0.3, -0.25) is 4.79 Å². The minimum atomic E-state index is -9.74. The summed E-state index contributed by atoms with van der Waals surface area (Å²) in [5.41, 5.74) is 3.50. The maximum atomic E-state index is 12.8. The van der Waals surface area contributed by atoms with Gasteiger partial charge in [0.1, 0.15) is 4.90 Å². The molecule has 1 amide bonds. The molecule has 0 aliphatic heterocycles. The van der Waals surface area contributed by atoms with E-state index in [0.717, 1.165) is 29.7 Å². The summed E-state index contributed by atoms with van der Waals surface area (Å²) in [6.45, 7) is 2.20. The first-order chi connectivity index (χ1) is 15.9. The summed E-state index contributed by atoms with van der Waals surface area (Å²) in [5, 5.41) is 2.42. The number of anilines is 1. The summed E-state index contributed by atoms with van der Waals surface area (Å²) in [6, 6.07) is 17.2. The third-order valence-corrected chi connectivity index (χ3v) is 6.72. The molecule has 34 heavy (non-hydrogen) atoms. The van der Waals surface area contributed by atoms with Crippen molar-refractivity contribution in [3.8, 4) is 11.1 Å². The SMILES string of the molecule is CCCCCCCc1ccc(-c2ccc(C(=O)Nc3ccc(S(F)(F)(F)(F)F)cc3)cc2)cc1.